The van der Waals surface area contributed by atoms with Gasteiger partial charge in [0.25, 0.3) is 0 Å². The van der Waals surface area contributed by atoms with Crippen LogP contribution in [0.25, 0.3) is 0 Å². The van der Waals surface area contributed by atoms with Crippen LogP contribution in [-0.4, -0.2) is 19.0 Å². The van der Waals surface area contributed by atoms with Crippen LogP contribution in [0, 0.1) is 0 Å². The lowest BCUT2D eigenvalue weighted by molar-refractivity contribution is 0.633. The lowest BCUT2D eigenvalue weighted by Gasteiger charge is -2.16. The molecule has 0 radical (unpaired) electrons. The SMILES string of the molecule is CCc1ccc(CNC(=NC)NC2CC=CC2)s1.I. The number of hydrogen-bond donors (Lipinski definition) is 2. The van der Waals surface area contributed by atoms with Crippen molar-refractivity contribution >= 4 is 41.3 Å². The first-order valence-electron chi connectivity index (χ1n) is 6.51. The van der Waals surface area contributed by atoms with Gasteiger partial charge in [0.2, 0.25) is 0 Å². The van der Waals surface area contributed by atoms with E-state index in [9.17, 15) is 0 Å². The maximum atomic E-state index is 4.26. The standard InChI is InChI=1S/C14H21N3S.HI/c1-3-12-8-9-13(18-12)10-16-14(15-2)17-11-6-4-5-7-11;/h4-5,8-9,11H,3,6-7,10H2,1-2H3,(H2,15,16,17);1H. The molecule has 0 atom stereocenters. The smallest absolute Gasteiger partial charge is 0.191 e. The Bertz CT molecular complexity index is 432. The minimum Gasteiger partial charge on any atom is -0.353 e. The number of hydrogen-bond acceptors (Lipinski definition) is 2. The molecule has 1 aliphatic carbocycles. The van der Waals surface area contributed by atoms with Gasteiger partial charge in [0.1, 0.15) is 0 Å². The summed E-state index contributed by atoms with van der Waals surface area (Å²) in [6.07, 6.45) is 7.75. The number of aryl methyl sites for hydroxylation is 1. The summed E-state index contributed by atoms with van der Waals surface area (Å²) in [4.78, 5) is 7.06. The Balaban J connectivity index is 0.00000180. The number of nitrogens with one attached hydrogen (secondary N) is 2. The van der Waals surface area contributed by atoms with E-state index in [-0.39, 0.29) is 24.0 Å². The van der Waals surface area contributed by atoms with Crippen LogP contribution in [0.1, 0.15) is 29.5 Å². The predicted octanol–water partition coefficient (Wildman–Crippen LogP) is 3.31. The number of aliphatic imine (C=N–C) groups is 1. The zero-order valence-corrected chi connectivity index (χ0v) is 14.6. The van der Waals surface area contributed by atoms with Gasteiger partial charge in [0, 0.05) is 22.8 Å². The predicted molar refractivity (Wildman–Crippen MR) is 94.6 cm³/mol. The zero-order valence-electron chi connectivity index (χ0n) is 11.5. The molecule has 0 saturated heterocycles. The molecule has 0 saturated carbocycles. The monoisotopic (exact) mass is 391 g/mol. The lowest BCUT2D eigenvalue weighted by atomic mass is 10.2. The average Bonchev–Trinajstić information content (AvgIpc) is 3.05. The van der Waals surface area contributed by atoms with Crippen LogP contribution in [0.3, 0.4) is 0 Å². The molecule has 0 spiro atoms. The lowest BCUT2D eigenvalue weighted by Crippen LogP contribution is -2.41. The Morgan fingerprint density at radius 2 is 2.00 bits per heavy atom. The molecule has 2 N–H and O–H groups in total. The Kier molecular flexibility index (Phi) is 7.45. The summed E-state index contributed by atoms with van der Waals surface area (Å²) in [5, 5.41) is 6.81. The van der Waals surface area contributed by atoms with Crippen LogP contribution in [0.5, 0.6) is 0 Å². The van der Waals surface area contributed by atoms with Crippen molar-refractivity contribution in [2.45, 2.75) is 38.8 Å². The molecular formula is C14H22IN3S. The van der Waals surface area contributed by atoms with Gasteiger partial charge in [-0.05, 0) is 31.4 Å². The van der Waals surface area contributed by atoms with Crippen molar-refractivity contribution in [3.8, 4) is 0 Å². The third-order valence-corrected chi connectivity index (χ3v) is 4.30. The maximum Gasteiger partial charge on any atom is 0.191 e. The minimum absolute atomic E-state index is 0. The van der Waals surface area contributed by atoms with E-state index in [0.29, 0.717) is 6.04 Å². The fourth-order valence-electron chi connectivity index (χ4n) is 2.00. The molecule has 3 nitrogen and oxygen atoms in total. The summed E-state index contributed by atoms with van der Waals surface area (Å²) in [7, 11) is 1.82. The van der Waals surface area contributed by atoms with Gasteiger partial charge in [-0.3, -0.25) is 4.99 Å². The number of halogens is 1. The van der Waals surface area contributed by atoms with Gasteiger partial charge in [0.05, 0.1) is 6.54 Å². The molecule has 1 aliphatic rings. The van der Waals surface area contributed by atoms with E-state index in [0.717, 1.165) is 31.8 Å². The molecule has 1 aromatic rings. The second-order valence-electron chi connectivity index (χ2n) is 4.43. The molecule has 0 unspecified atom stereocenters. The number of rotatable bonds is 4. The van der Waals surface area contributed by atoms with Crippen LogP contribution < -0.4 is 10.6 Å². The maximum absolute atomic E-state index is 4.26. The van der Waals surface area contributed by atoms with Crippen molar-refractivity contribution in [2.75, 3.05) is 7.05 Å². The van der Waals surface area contributed by atoms with Gasteiger partial charge in [-0.15, -0.1) is 35.3 Å². The molecule has 2 rings (SSSR count). The van der Waals surface area contributed by atoms with Gasteiger partial charge in [-0.2, -0.15) is 0 Å². The third kappa shape index (κ3) is 5.14. The second kappa shape index (κ2) is 8.58. The number of nitrogens with zero attached hydrogens (tertiary/aromatic N) is 1. The first kappa shape index (κ1) is 16.5. The van der Waals surface area contributed by atoms with Gasteiger partial charge in [-0.25, -0.2) is 0 Å². The summed E-state index contributed by atoms with van der Waals surface area (Å²) in [5.41, 5.74) is 0. The molecule has 1 aromatic heterocycles. The molecule has 0 amide bonds. The molecule has 0 aromatic carbocycles. The van der Waals surface area contributed by atoms with E-state index in [1.165, 1.54) is 9.75 Å². The highest BCUT2D eigenvalue weighted by molar-refractivity contribution is 14.0. The van der Waals surface area contributed by atoms with E-state index in [1.807, 2.05) is 18.4 Å². The van der Waals surface area contributed by atoms with Crippen LogP contribution >= 0.6 is 35.3 Å². The van der Waals surface area contributed by atoms with Crippen LogP contribution in [0.2, 0.25) is 0 Å². The fourth-order valence-corrected chi connectivity index (χ4v) is 2.90. The van der Waals surface area contributed by atoms with Crippen LogP contribution in [0.4, 0.5) is 0 Å². The van der Waals surface area contributed by atoms with Crippen molar-refractivity contribution < 1.29 is 0 Å². The highest BCUT2D eigenvalue weighted by Crippen LogP contribution is 2.16. The highest BCUT2D eigenvalue weighted by Gasteiger charge is 2.11. The fraction of sp³-hybridized carbons (Fsp3) is 0.500. The van der Waals surface area contributed by atoms with E-state index < -0.39 is 0 Å². The topological polar surface area (TPSA) is 36.4 Å². The number of guanidine groups is 1. The van der Waals surface area contributed by atoms with Crippen molar-refractivity contribution in [3.05, 3.63) is 34.0 Å². The highest BCUT2D eigenvalue weighted by atomic mass is 127. The van der Waals surface area contributed by atoms with Crippen molar-refractivity contribution in [2.24, 2.45) is 4.99 Å². The summed E-state index contributed by atoms with van der Waals surface area (Å²) < 4.78 is 0. The average molecular weight is 391 g/mol. The Morgan fingerprint density at radius 3 is 2.58 bits per heavy atom. The first-order valence-corrected chi connectivity index (χ1v) is 7.33. The van der Waals surface area contributed by atoms with E-state index in [1.54, 1.807) is 0 Å². The summed E-state index contributed by atoms with van der Waals surface area (Å²) in [5.74, 6) is 0.898. The van der Waals surface area contributed by atoms with Gasteiger partial charge in [0.15, 0.2) is 5.96 Å². The van der Waals surface area contributed by atoms with Crippen molar-refractivity contribution in [3.63, 3.8) is 0 Å². The van der Waals surface area contributed by atoms with Gasteiger partial charge < -0.3 is 10.6 Å². The van der Waals surface area contributed by atoms with E-state index >= 15 is 0 Å². The van der Waals surface area contributed by atoms with Crippen LogP contribution in [-0.2, 0) is 13.0 Å². The Morgan fingerprint density at radius 1 is 1.32 bits per heavy atom. The quantitative estimate of drug-likeness (QED) is 0.358. The molecule has 0 fully saturated rings. The first-order chi connectivity index (χ1) is 8.81. The third-order valence-electron chi connectivity index (χ3n) is 3.07. The minimum atomic E-state index is 0. The molecule has 0 aliphatic heterocycles. The summed E-state index contributed by atoms with van der Waals surface area (Å²) in [6, 6.07) is 4.91. The summed E-state index contributed by atoms with van der Waals surface area (Å²) in [6.45, 7) is 3.04. The normalized spacial score (nSPS) is 15.4. The molecule has 19 heavy (non-hydrogen) atoms. The van der Waals surface area contributed by atoms with Gasteiger partial charge >= 0.3 is 0 Å². The Hall–Kier alpha value is -0.560. The number of thiophene rings is 1. The largest absolute Gasteiger partial charge is 0.353 e. The molecule has 106 valence electrons. The van der Waals surface area contributed by atoms with E-state index in [4.69, 9.17) is 0 Å². The molecule has 0 bridgehead atoms. The van der Waals surface area contributed by atoms with Crippen LogP contribution in [0.15, 0.2) is 29.3 Å². The molecular weight excluding hydrogens is 369 g/mol. The molecule has 5 heteroatoms. The second-order valence-corrected chi connectivity index (χ2v) is 5.68. The van der Waals surface area contributed by atoms with Crippen molar-refractivity contribution in [1.82, 2.24) is 10.6 Å². The summed E-state index contributed by atoms with van der Waals surface area (Å²) >= 11 is 1.87. The van der Waals surface area contributed by atoms with Crippen molar-refractivity contribution in [1.29, 1.82) is 0 Å². The zero-order chi connectivity index (χ0) is 12.8. The molecule has 1 heterocycles. The Labute approximate surface area is 136 Å². The van der Waals surface area contributed by atoms with Gasteiger partial charge in [-0.1, -0.05) is 19.1 Å². The van der Waals surface area contributed by atoms with E-state index in [2.05, 4.69) is 46.8 Å².